The van der Waals surface area contributed by atoms with E-state index in [1.54, 1.807) is 0 Å². The Labute approximate surface area is 225 Å². The first kappa shape index (κ1) is 25.5. The fourth-order valence-corrected chi connectivity index (χ4v) is 5.61. The van der Waals surface area contributed by atoms with Gasteiger partial charge in [-0.05, 0) is 103 Å². The van der Waals surface area contributed by atoms with Crippen molar-refractivity contribution in [3.8, 4) is 17.1 Å². The van der Waals surface area contributed by atoms with Gasteiger partial charge in [0.2, 0.25) is 0 Å². The number of imidazole rings is 1. The van der Waals surface area contributed by atoms with Gasteiger partial charge in [0.15, 0.2) is 0 Å². The molecule has 0 aliphatic heterocycles. The summed E-state index contributed by atoms with van der Waals surface area (Å²) >= 11 is 14.0. The second kappa shape index (κ2) is 8.80. The topological polar surface area (TPSA) is 17.8 Å². The van der Waals surface area contributed by atoms with Gasteiger partial charge >= 0.3 is 0 Å². The summed E-state index contributed by atoms with van der Waals surface area (Å²) in [7, 11) is 0. The summed E-state index contributed by atoms with van der Waals surface area (Å²) < 4.78 is 4.08. The molecule has 4 aromatic rings. The number of aryl methyl sites for hydroxylation is 2. The highest BCUT2D eigenvalue weighted by molar-refractivity contribution is 9.13. The average molecular weight is 603 g/mol. The molecular formula is C29H31Br2ClN2. The van der Waals surface area contributed by atoms with Crippen LogP contribution in [0.1, 0.15) is 63.8 Å². The zero-order valence-electron chi connectivity index (χ0n) is 21.1. The minimum absolute atomic E-state index is 0.0397. The lowest BCUT2D eigenvalue weighted by atomic mass is 9.83. The predicted molar refractivity (Wildman–Crippen MR) is 154 cm³/mol. The van der Waals surface area contributed by atoms with Crippen LogP contribution >= 0.6 is 43.5 Å². The molecule has 4 rings (SSSR count). The van der Waals surface area contributed by atoms with Crippen LogP contribution in [0.15, 0.2) is 51.4 Å². The number of hydrogen-bond acceptors (Lipinski definition) is 1. The van der Waals surface area contributed by atoms with Gasteiger partial charge in [-0.3, -0.25) is 4.57 Å². The lowest BCUT2D eigenvalue weighted by Gasteiger charge is -2.23. The largest absolute Gasteiger partial charge is 0.291 e. The number of benzene rings is 3. The molecule has 0 saturated carbocycles. The molecule has 0 amide bonds. The molecule has 3 aromatic carbocycles. The Balaban J connectivity index is 2.12. The van der Waals surface area contributed by atoms with E-state index in [9.17, 15) is 0 Å². The van der Waals surface area contributed by atoms with E-state index < -0.39 is 0 Å². The molecule has 0 radical (unpaired) electrons. The maximum Gasteiger partial charge on any atom is 0.146 e. The van der Waals surface area contributed by atoms with Gasteiger partial charge in [-0.25, -0.2) is 4.98 Å². The van der Waals surface area contributed by atoms with Crippen LogP contribution in [0, 0.1) is 13.8 Å². The smallest absolute Gasteiger partial charge is 0.146 e. The monoisotopic (exact) mass is 600 g/mol. The summed E-state index contributed by atoms with van der Waals surface area (Å²) in [6, 6.07) is 15.1. The van der Waals surface area contributed by atoms with Gasteiger partial charge in [0.25, 0.3) is 0 Å². The van der Waals surface area contributed by atoms with Crippen molar-refractivity contribution >= 4 is 54.5 Å². The van der Waals surface area contributed by atoms with Crippen LogP contribution in [0.5, 0.6) is 0 Å². The molecule has 0 aliphatic carbocycles. The number of fused-ring (bicyclic) bond motifs is 1. The van der Waals surface area contributed by atoms with E-state index in [2.05, 4.69) is 122 Å². The van der Waals surface area contributed by atoms with Crippen LogP contribution in [-0.4, -0.2) is 9.55 Å². The van der Waals surface area contributed by atoms with E-state index >= 15 is 0 Å². The third-order valence-corrected chi connectivity index (χ3v) is 8.57. The molecule has 1 heterocycles. The molecule has 0 fully saturated rings. The van der Waals surface area contributed by atoms with Crippen LogP contribution in [0.25, 0.3) is 28.1 Å². The Morgan fingerprint density at radius 3 is 1.94 bits per heavy atom. The Kier molecular flexibility index (Phi) is 6.59. The molecule has 0 bridgehead atoms. The fraction of sp³-hybridized carbons (Fsp3) is 0.345. The van der Waals surface area contributed by atoms with Crippen molar-refractivity contribution in [2.75, 3.05) is 0 Å². The van der Waals surface area contributed by atoms with Gasteiger partial charge in [0, 0.05) is 15.1 Å². The van der Waals surface area contributed by atoms with Gasteiger partial charge in [-0.1, -0.05) is 71.3 Å². The van der Waals surface area contributed by atoms with Gasteiger partial charge in [-0.2, -0.15) is 0 Å². The van der Waals surface area contributed by atoms with E-state index in [1.165, 1.54) is 22.3 Å². The highest BCUT2D eigenvalue weighted by atomic mass is 79.9. The van der Waals surface area contributed by atoms with Gasteiger partial charge < -0.3 is 0 Å². The third-order valence-electron chi connectivity index (χ3n) is 6.36. The molecule has 34 heavy (non-hydrogen) atoms. The van der Waals surface area contributed by atoms with Crippen LogP contribution in [0.3, 0.4) is 0 Å². The SMILES string of the molecule is Cc1cc(C(C)(C)C)cc(C)c1-c1nc2cc(C(C)(C)C)ccc2n1-c1cc(Cl)cc(Br)c1Br. The van der Waals surface area contributed by atoms with Crippen LogP contribution in [0.2, 0.25) is 5.02 Å². The summed E-state index contributed by atoms with van der Waals surface area (Å²) in [5, 5.41) is 0.667. The first-order valence-electron chi connectivity index (χ1n) is 11.5. The van der Waals surface area contributed by atoms with E-state index in [1.807, 2.05) is 12.1 Å². The summed E-state index contributed by atoms with van der Waals surface area (Å²) in [5.41, 5.74) is 9.29. The maximum absolute atomic E-state index is 6.52. The molecule has 2 nitrogen and oxygen atoms in total. The molecule has 1 aromatic heterocycles. The summed E-state index contributed by atoms with van der Waals surface area (Å²) in [6.07, 6.45) is 0. The quantitative estimate of drug-likeness (QED) is 0.209. The highest BCUT2D eigenvalue weighted by Crippen LogP contribution is 2.40. The fourth-order valence-electron chi connectivity index (χ4n) is 4.41. The van der Waals surface area contributed by atoms with E-state index in [-0.39, 0.29) is 10.8 Å². The highest BCUT2D eigenvalue weighted by Gasteiger charge is 2.24. The predicted octanol–water partition coefficient (Wildman–Crippen LogP) is 10.1. The molecule has 0 unspecified atom stereocenters. The molecular weight excluding hydrogens is 572 g/mol. The van der Waals surface area contributed by atoms with Crippen molar-refractivity contribution in [1.29, 1.82) is 0 Å². The Hall–Kier alpha value is -1.62. The van der Waals surface area contributed by atoms with Crippen molar-refractivity contribution < 1.29 is 0 Å². The second-order valence-corrected chi connectivity index (χ2v) is 13.3. The minimum atomic E-state index is 0.0397. The maximum atomic E-state index is 6.52. The van der Waals surface area contributed by atoms with E-state index in [0.717, 1.165) is 37.1 Å². The summed E-state index contributed by atoms with van der Waals surface area (Å²) in [4.78, 5) is 5.23. The number of hydrogen-bond donors (Lipinski definition) is 0. The minimum Gasteiger partial charge on any atom is -0.291 e. The number of aromatic nitrogens is 2. The molecule has 0 spiro atoms. The zero-order chi connectivity index (χ0) is 25.2. The summed E-state index contributed by atoms with van der Waals surface area (Å²) in [6.45, 7) is 17.8. The van der Waals surface area contributed by atoms with E-state index in [4.69, 9.17) is 16.6 Å². The first-order chi connectivity index (χ1) is 15.7. The van der Waals surface area contributed by atoms with Gasteiger partial charge in [0.05, 0.1) is 21.2 Å². The lowest BCUT2D eigenvalue weighted by Crippen LogP contribution is -2.12. The first-order valence-corrected chi connectivity index (χ1v) is 13.4. The number of nitrogens with zero attached hydrogens (tertiary/aromatic N) is 2. The summed E-state index contributed by atoms with van der Waals surface area (Å²) in [5.74, 6) is 0.923. The normalized spacial score (nSPS) is 12.6. The Morgan fingerprint density at radius 2 is 1.38 bits per heavy atom. The molecule has 178 valence electrons. The van der Waals surface area contributed by atoms with Crippen molar-refractivity contribution in [2.24, 2.45) is 0 Å². The second-order valence-electron chi connectivity index (χ2n) is 11.2. The molecule has 0 saturated heterocycles. The molecule has 0 atom stereocenters. The van der Waals surface area contributed by atoms with Crippen molar-refractivity contribution in [2.45, 2.75) is 66.2 Å². The Bertz CT molecular complexity index is 1400. The van der Waals surface area contributed by atoms with Crippen LogP contribution in [-0.2, 0) is 10.8 Å². The van der Waals surface area contributed by atoms with Crippen LogP contribution in [0.4, 0.5) is 0 Å². The standard InChI is InChI=1S/C29H31Br2ClN2/c1-16-11-19(29(6,7)8)12-17(2)25(16)27-33-22-13-18(28(3,4)5)9-10-23(22)34(27)24-15-20(32)14-21(30)26(24)31/h9-15H,1-8H3. The molecule has 0 N–H and O–H groups in total. The van der Waals surface area contributed by atoms with Gasteiger partial charge in [-0.15, -0.1) is 0 Å². The van der Waals surface area contributed by atoms with Crippen molar-refractivity contribution in [3.63, 3.8) is 0 Å². The van der Waals surface area contributed by atoms with Crippen LogP contribution < -0.4 is 0 Å². The van der Waals surface area contributed by atoms with Crippen molar-refractivity contribution in [3.05, 3.63) is 78.7 Å². The lowest BCUT2D eigenvalue weighted by molar-refractivity contribution is 0.589. The third kappa shape index (κ3) is 4.62. The molecule has 0 aliphatic rings. The zero-order valence-corrected chi connectivity index (χ0v) is 25.0. The molecule has 5 heteroatoms. The van der Waals surface area contributed by atoms with Gasteiger partial charge in [0.1, 0.15) is 5.82 Å². The number of rotatable bonds is 2. The Morgan fingerprint density at radius 1 is 0.794 bits per heavy atom. The number of halogens is 3. The van der Waals surface area contributed by atoms with Crippen molar-refractivity contribution in [1.82, 2.24) is 9.55 Å². The average Bonchev–Trinajstić information content (AvgIpc) is 3.06. The van der Waals surface area contributed by atoms with E-state index in [0.29, 0.717) is 5.02 Å².